The van der Waals surface area contributed by atoms with E-state index in [2.05, 4.69) is 24.4 Å². The van der Waals surface area contributed by atoms with E-state index in [0.717, 1.165) is 30.6 Å². The number of hydrogen-bond donors (Lipinski definition) is 1. The van der Waals surface area contributed by atoms with E-state index in [4.69, 9.17) is 4.42 Å². The summed E-state index contributed by atoms with van der Waals surface area (Å²) < 4.78 is 5.45. The van der Waals surface area contributed by atoms with Gasteiger partial charge in [-0.05, 0) is 55.9 Å². The molecule has 1 aliphatic heterocycles. The molecule has 1 amide bonds. The number of nitrogens with one attached hydrogen (secondary N) is 1. The number of hydrogen-bond acceptors (Lipinski definition) is 3. The van der Waals surface area contributed by atoms with Crippen molar-refractivity contribution in [3.8, 4) is 0 Å². The van der Waals surface area contributed by atoms with Crippen LogP contribution in [0, 0.1) is 0 Å². The molecular weight excluding hydrogens is 312 g/mol. The minimum Gasteiger partial charge on any atom is -0.468 e. The van der Waals surface area contributed by atoms with Crippen LogP contribution in [0.2, 0.25) is 0 Å². The lowest BCUT2D eigenvalue weighted by atomic mass is 9.92. The van der Waals surface area contributed by atoms with Crippen LogP contribution in [0.5, 0.6) is 0 Å². The van der Waals surface area contributed by atoms with Crippen molar-refractivity contribution in [2.24, 2.45) is 0 Å². The van der Waals surface area contributed by atoms with Crippen LogP contribution in [0.25, 0.3) is 0 Å². The summed E-state index contributed by atoms with van der Waals surface area (Å²) in [5.74, 6) is 1.09. The lowest BCUT2D eigenvalue weighted by molar-refractivity contribution is -0.130. The number of carbonyl (C=O) groups excluding carboxylic acids is 1. The highest BCUT2D eigenvalue weighted by molar-refractivity contribution is 5.98. The molecule has 0 radical (unpaired) electrons. The van der Waals surface area contributed by atoms with Crippen LogP contribution in [0.4, 0.5) is 0 Å². The first kappa shape index (κ1) is 16.2. The quantitative estimate of drug-likeness (QED) is 0.891. The smallest absolute Gasteiger partial charge is 0.251 e. The maximum Gasteiger partial charge on any atom is 0.251 e. The molecule has 1 aliphatic carbocycles. The number of nitrogens with zero attached hydrogens (tertiary/aromatic N) is 1. The van der Waals surface area contributed by atoms with E-state index < -0.39 is 0 Å². The average Bonchev–Trinajstić information content (AvgIpc) is 3.27. The van der Waals surface area contributed by atoms with Gasteiger partial charge in [0.2, 0.25) is 0 Å². The minimum atomic E-state index is -0.0388. The molecule has 4 heteroatoms. The predicted molar refractivity (Wildman–Crippen MR) is 96.5 cm³/mol. The lowest BCUT2D eigenvalue weighted by Gasteiger charge is -2.33. The largest absolute Gasteiger partial charge is 0.468 e. The van der Waals surface area contributed by atoms with Crippen LogP contribution in [0.3, 0.4) is 0 Å². The van der Waals surface area contributed by atoms with Crippen molar-refractivity contribution in [2.75, 3.05) is 0 Å². The summed E-state index contributed by atoms with van der Waals surface area (Å²) in [7, 11) is 0. The Morgan fingerprint density at radius 2 is 1.96 bits per heavy atom. The molecule has 2 atom stereocenters. The molecule has 0 saturated carbocycles. The first-order chi connectivity index (χ1) is 12.3. The van der Waals surface area contributed by atoms with Crippen molar-refractivity contribution in [3.05, 3.63) is 71.2 Å². The Kier molecular flexibility index (Phi) is 4.45. The number of carbonyl (C=O) groups is 1. The van der Waals surface area contributed by atoms with E-state index in [0.29, 0.717) is 6.54 Å². The molecule has 0 fully saturated rings. The number of amides is 1. The molecule has 2 aliphatic rings. The molecule has 4 rings (SSSR count). The van der Waals surface area contributed by atoms with Gasteiger partial charge in [0.25, 0.3) is 5.91 Å². The van der Waals surface area contributed by atoms with Crippen molar-refractivity contribution in [2.45, 2.75) is 51.4 Å². The first-order valence-corrected chi connectivity index (χ1v) is 9.11. The van der Waals surface area contributed by atoms with Gasteiger partial charge in [-0.1, -0.05) is 30.3 Å². The Labute approximate surface area is 148 Å². The van der Waals surface area contributed by atoms with Gasteiger partial charge in [0.1, 0.15) is 11.9 Å². The van der Waals surface area contributed by atoms with Gasteiger partial charge in [-0.3, -0.25) is 10.1 Å². The van der Waals surface area contributed by atoms with Gasteiger partial charge in [0.05, 0.1) is 18.8 Å². The van der Waals surface area contributed by atoms with Gasteiger partial charge in [-0.25, -0.2) is 0 Å². The van der Waals surface area contributed by atoms with E-state index in [1.807, 2.05) is 35.2 Å². The summed E-state index contributed by atoms with van der Waals surface area (Å²) in [6, 6.07) is 14.2. The third kappa shape index (κ3) is 3.02. The van der Waals surface area contributed by atoms with E-state index in [-0.39, 0.29) is 18.1 Å². The normalized spacial score (nSPS) is 21.6. The second-order valence-corrected chi connectivity index (χ2v) is 6.87. The zero-order valence-corrected chi connectivity index (χ0v) is 14.6. The summed E-state index contributed by atoms with van der Waals surface area (Å²) >= 11 is 0. The summed E-state index contributed by atoms with van der Waals surface area (Å²) in [5.41, 5.74) is 3.48. The van der Waals surface area contributed by atoms with Gasteiger partial charge in [0, 0.05) is 5.57 Å². The Hall–Kier alpha value is -2.33. The molecule has 0 saturated heterocycles. The maximum absolute atomic E-state index is 13.1. The average molecular weight is 336 g/mol. The fourth-order valence-corrected chi connectivity index (χ4v) is 4.04. The highest BCUT2D eigenvalue weighted by Gasteiger charge is 2.41. The Balaban J connectivity index is 1.62. The monoisotopic (exact) mass is 336 g/mol. The van der Waals surface area contributed by atoms with Crippen LogP contribution < -0.4 is 5.32 Å². The van der Waals surface area contributed by atoms with Crippen molar-refractivity contribution in [3.63, 3.8) is 0 Å². The molecule has 130 valence electrons. The molecule has 25 heavy (non-hydrogen) atoms. The van der Waals surface area contributed by atoms with Crippen LogP contribution in [0.1, 0.15) is 50.0 Å². The fourth-order valence-electron chi connectivity index (χ4n) is 4.04. The highest BCUT2D eigenvalue weighted by atomic mass is 16.3. The molecule has 2 heterocycles. The summed E-state index contributed by atoms with van der Waals surface area (Å²) in [5, 5.41) is 3.57. The summed E-state index contributed by atoms with van der Waals surface area (Å²) in [6.45, 7) is 2.74. The third-order valence-corrected chi connectivity index (χ3v) is 5.36. The van der Waals surface area contributed by atoms with Gasteiger partial charge >= 0.3 is 0 Å². The molecule has 0 unspecified atom stereocenters. The maximum atomic E-state index is 13.1. The molecular formula is C21H24N2O2. The van der Waals surface area contributed by atoms with E-state index in [1.54, 1.807) is 6.26 Å². The van der Waals surface area contributed by atoms with Gasteiger partial charge in [-0.2, -0.15) is 0 Å². The fraction of sp³-hybridized carbons (Fsp3) is 0.381. The molecule has 0 spiro atoms. The minimum absolute atomic E-state index is 0.0356. The molecule has 4 nitrogen and oxygen atoms in total. The van der Waals surface area contributed by atoms with Gasteiger partial charge in [0.15, 0.2) is 0 Å². The highest BCUT2D eigenvalue weighted by Crippen LogP contribution is 2.39. The van der Waals surface area contributed by atoms with Crippen molar-refractivity contribution < 1.29 is 9.21 Å². The summed E-state index contributed by atoms with van der Waals surface area (Å²) in [6.07, 6.45) is 5.84. The van der Waals surface area contributed by atoms with E-state index in [9.17, 15) is 4.79 Å². The SMILES string of the molecule is C[C@@H](c1ccccc1)N1C(=O)C2=C(CCCC2)[C@H]1NCc1ccco1. The number of rotatable bonds is 5. The molecule has 1 aromatic carbocycles. The summed E-state index contributed by atoms with van der Waals surface area (Å²) in [4.78, 5) is 15.2. The standard InChI is InChI=1S/C21H24N2O2/c1-15(16-8-3-2-4-9-16)23-20(22-14-17-10-7-13-25-17)18-11-5-6-12-19(18)21(23)24/h2-4,7-10,13,15,20,22H,5-6,11-12,14H2,1H3/t15-,20-/m0/s1. The van der Waals surface area contributed by atoms with Gasteiger partial charge in [-0.15, -0.1) is 0 Å². The van der Waals surface area contributed by atoms with Crippen LogP contribution in [-0.4, -0.2) is 17.0 Å². The van der Waals surface area contributed by atoms with E-state index >= 15 is 0 Å². The molecule has 1 N–H and O–H groups in total. The van der Waals surface area contributed by atoms with Crippen LogP contribution >= 0.6 is 0 Å². The zero-order chi connectivity index (χ0) is 17.2. The second-order valence-electron chi connectivity index (χ2n) is 6.87. The Bertz CT molecular complexity index is 764. The van der Waals surface area contributed by atoms with Crippen LogP contribution in [0.15, 0.2) is 64.3 Å². The molecule has 1 aromatic heterocycles. The molecule has 2 aromatic rings. The van der Waals surface area contributed by atoms with Crippen LogP contribution in [-0.2, 0) is 11.3 Å². The van der Waals surface area contributed by atoms with Crippen molar-refractivity contribution in [1.29, 1.82) is 0 Å². The Morgan fingerprint density at radius 1 is 1.16 bits per heavy atom. The van der Waals surface area contributed by atoms with E-state index in [1.165, 1.54) is 17.6 Å². The van der Waals surface area contributed by atoms with Gasteiger partial charge < -0.3 is 9.32 Å². The predicted octanol–water partition coefficient (Wildman–Crippen LogP) is 4.17. The topological polar surface area (TPSA) is 45.5 Å². The lowest BCUT2D eigenvalue weighted by Crippen LogP contribution is -2.46. The zero-order valence-electron chi connectivity index (χ0n) is 14.6. The number of benzene rings is 1. The van der Waals surface area contributed by atoms with Crippen molar-refractivity contribution in [1.82, 2.24) is 10.2 Å². The molecule has 0 bridgehead atoms. The second kappa shape index (κ2) is 6.89. The van der Waals surface area contributed by atoms with Crippen molar-refractivity contribution >= 4 is 5.91 Å². The third-order valence-electron chi connectivity index (χ3n) is 5.36. The Morgan fingerprint density at radius 3 is 2.72 bits per heavy atom. The first-order valence-electron chi connectivity index (χ1n) is 9.11. The number of furan rings is 1.